The molecule has 0 spiro atoms. The van der Waals surface area contributed by atoms with Crippen LogP contribution >= 0.6 is 0 Å². The summed E-state index contributed by atoms with van der Waals surface area (Å²) in [5.41, 5.74) is 5.09. The molecule has 1 rings (SSSR count). The Morgan fingerprint density at radius 1 is 1.17 bits per heavy atom. The van der Waals surface area contributed by atoms with Crippen LogP contribution in [0.25, 0.3) is 0 Å². The lowest BCUT2D eigenvalue weighted by Crippen LogP contribution is -2.53. The maximum atomic E-state index is 12.1. The summed E-state index contributed by atoms with van der Waals surface area (Å²) in [5, 5.41) is 5.52. The van der Waals surface area contributed by atoms with Gasteiger partial charge in [-0.1, -0.05) is 20.8 Å². The van der Waals surface area contributed by atoms with E-state index in [1.807, 2.05) is 13.8 Å². The number of hydrogen-bond acceptors (Lipinski definition) is 2. The lowest BCUT2D eigenvalue weighted by molar-refractivity contribution is -0.124. The lowest BCUT2D eigenvalue weighted by atomic mass is 9.87. The van der Waals surface area contributed by atoms with Crippen molar-refractivity contribution in [1.82, 2.24) is 10.6 Å². The molecule has 0 aromatic rings. The van der Waals surface area contributed by atoms with E-state index in [0.717, 1.165) is 31.6 Å². The second-order valence-corrected chi connectivity index (χ2v) is 5.70. The molecule has 1 fully saturated rings. The maximum Gasteiger partial charge on any atom is 0.312 e. The summed E-state index contributed by atoms with van der Waals surface area (Å²) >= 11 is 0. The van der Waals surface area contributed by atoms with E-state index in [1.165, 1.54) is 0 Å². The van der Waals surface area contributed by atoms with Crippen LogP contribution in [-0.2, 0) is 4.79 Å². The number of hydrogen-bond donors (Lipinski definition) is 3. The van der Waals surface area contributed by atoms with Crippen LogP contribution in [0.5, 0.6) is 0 Å². The molecule has 0 saturated heterocycles. The normalized spacial score (nSPS) is 25.6. The zero-order valence-electron chi connectivity index (χ0n) is 11.5. The second kappa shape index (κ2) is 6.61. The molecule has 1 aliphatic carbocycles. The number of urea groups is 1. The van der Waals surface area contributed by atoms with Gasteiger partial charge in [0.25, 0.3) is 0 Å². The summed E-state index contributed by atoms with van der Waals surface area (Å²) in [5.74, 6) is 0.658. The zero-order chi connectivity index (χ0) is 13.7. The average molecular weight is 255 g/mol. The molecule has 0 aliphatic heterocycles. The molecule has 3 amide bonds. The SMILES string of the molecule is CC1CCC(NC(=O)[C@H](NC(N)=O)C(C)C)CC1. The minimum absolute atomic E-state index is 0.0278. The number of amides is 3. The van der Waals surface area contributed by atoms with Gasteiger partial charge in [0.05, 0.1) is 0 Å². The molecule has 0 bridgehead atoms. The van der Waals surface area contributed by atoms with Gasteiger partial charge in [0.1, 0.15) is 6.04 Å². The number of rotatable bonds is 4. The first-order valence-corrected chi connectivity index (χ1v) is 6.76. The molecule has 0 aromatic carbocycles. The van der Waals surface area contributed by atoms with Gasteiger partial charge in [-0.15, -0.1) is 0 Å². The third kappa shape index (κ3) is 4.55. The van der Waals surface area contributed by atoms with E-state index in [-0.39, 0.29) is 17.9 Å². The van der Waals surface area contributed by atoms with Crippen molar-refractivity contribution >= 4 is 11.9 Å². The van der Waals surface area contributed by atoms with E-state index < -0.39 is 12.1 Å². The Bertz CT molecular complexity index is 297. The highest BCUT2D eigenvalue weighted by molar-refractivity contribution is 5.86. The van der Waals surface area contributed by atoms with Gasteiger partial charge in [-0.05, 0) is 37.5 Å². The molecule has 0 heterocycles. The number of nitrogens with one attached hydrogen (secondary N) is 2. The van der Waals surface area contributed by atoms with Gasteiger partial charge in [0.15, 0.2) is 0 Å². The largest absolute Gasteiger partial charge is 0.352 e. The Kier molecular flexibility index (Phi) is 5.44. The summed E-state index contributed by atoms with van der Waals surface area (Å²) in [6.07, 6.45) is 4.35. The van der Waals surface area contributed by atoms with Crippen molar-refractivity contribution in [2.75, 3.05) is 0 Å². The predicted octanol–water partition coefficient (Wildman–Crippen LogP) is 1.37. The van der Waals surface area contributed by atoms with Gasteiger partial charge in [0, 0.05) is 6.04 Å². The highest BCUT2D eigenvalue weighted by Crippen LogP contribution is 2.23. The smallest absolute Gasteiger partial charge is 0.312 e. The number of nitrogens with two attached hydrogens (primary N) is 1. The van der Waals surface area contributed by atoms with E-state index in [0.29, 0.717) is 0 Å². The molecular formula is C13H25N3O2. The van der Waals surface area contributed by atoms with Gasteiger partial charge in [-0.2, -0.15) is 0 Å². The summed E-state index contributed by atoms with van der Waals surface area (Å²) in [6, 6.07) is -0.951. The van der Waals surface area contributed by atoms with E-state index in [1.54, 1.807) is 0 Å². The summed E-state index contributed by atoms with van der Waals surface area (Å²) < 4.78 is 0. The van der Waals surface area contributed by atoms with Crippen molar-refractivity contribution in [3.8, 4) is 0 Å². The summed E-state index contributed by atoms with van der Waals surface area (Å²) in [4.78, 5) is 23.0. The zero-order valence-corrected chi connectivity index (χ0v) is 11.5. The van der Waals surface area contributed by atoms with Crippen LogP contribution in [0.2, 0.25) is 0 Å². The number of carbonyl (C=O) groups is 2. The minimum atomic E-state index is -0.652. The van der Waals surface area contributed by atoms with Gasteiger partial charge in [0.2, 0.25) is 5.91 Å². The molecule has 0 unspecified atom stereocenters. The first kappa shape index (κ1) is 14.8. The summed E-state index contributed by atoms with van der Waals surface area (Å²) in [7, 11) is 0. The standard InChI is InChI=1S/C13H25N3O2/c1-8(2)11(16-13(14)18)12(17)15-10-6-4-9(3)5-7-10/h8-11H,4-7H2,1-3H3,(H,15,17)(H3,14,16,18)/t9?,10?,11-/m1/s1. The van der Waals surface area contributed by atoms with E-state index >= 15 is 0 Å². The molecular weight excluding hydrogens is 230 g/mol. The van der Waals surface area contributed by atoms with Crippen LogP contribution in [0.1, 0.15) is 46.5 Å². The average Bonchev–Trinajstić information content (AvgIpc) is 2.28. The molecule has 0 radical (unpaired) electrons. The third-order valence-corrected chi connectivity index (χ3v) is 3.61. The molecule has 18 heavy (non-hydrogen) atoms. The Morgan fingerprint density at radius 2 is 1.72 bits per heavy atom. The first-order chi connectivity index (χ1) is 8.40. The van der Waals surface area contributed by atoms with Gasteiger partial charge in [-0.3, -0.25) is 4.79 Å². The quantitative estimate of drug-likeness (QED) is 0.709. The van der Waals surface area contributed by atoms with Crippen LogP contribution in [0.4, 0.5) is 4.79 Å². The van der Waals surface area contributed by atoms with Gasteiger partial charge < -0.3 is 16.4 Å². The fourth-order valence-corrected chi connectivity index (χ4v) is 2.38. The molecule has 104 valence electrons. The number of primary amides is 1. The van der Waals surface area contributed by atoms with Crippen LogP contribution in [0.15, 0.2) is 0 Å². The fourth-order valence-electron chi connectivity index (χ4n) is 2.38. The van der Waals surface area contributed by atoms with Crippen molar-refractivity contribution in [2.24, 2.45) is 17.6 Å². The van der Waals surface area contributed by atoms with E-state index in [2.05, 4.69) is 17.6 Å². The monoisotopic (exact) mass is 255 g/mol. The van der Waals surface area contributed by atoms with Crippen molar-refractivity contribution in [1.29, 1.82) is 0 Å². The lowest BCUT2D eigenvalue weighted by Gasteiger charge is -2.29. The van der Waals surface area contributed by atoms with Crippen molar-refractivity contribution in [2.45, 2.75) is 58.5 Å². The fraction of sp³-hybridized carbons (Fsp3) is 0.846. The Hall–Kier alpha value is -1.26. The third-order valence-electron chi connectivity index (χ3n) is 3.61. The van der Waals surface area contributed by atoms with Gasteiger partial charge in [-0.25, -0.2) is 4.79 Å². The first-order valence-electron chi connectivity index (χ1n) is 6.76. The Balaban J connectivity index is 2.48. The topological polar surface area (TPSA) is 84.2 Å². The Labute approximate surface area is 109 Å². The van der Waals surface area contributed by atoms with Gasteiger partial charge >= 0.3 is 6.03 Å². The predicted molar refractivity (Wildman–Crippen MR) is 70.9 cm³/mol. The molecule has 1 saturated carbocycles. The van der Waals surface area contributed by atoms with E-state index in [4.69, 9.17) is 5.73 Å². The molecule has 1 aliphatic rings. The maximum absolute atomic E-state index is 12.1. The van der Waals surface area contributed by atoms with Crippen molar-refractivity contribution < 1.29 is 9.59 Å². The van der Waals surface area contributed by atoms with Crippen LogP contribution < -0.4 is 16.4 Å². The molecule has 4 N–H and O–H groups in total. The highest BCUT2D eigenvalue weighted by Gasteiger charge is 2.26. The highest BCUT2D eigenvalue weighted by atomic mass is 16.2. The number of carbonyl (C=O) groups excluding carboxylic acids is 2. The molecule has 1 atom stereocenters. The van der Waals surface area contributed by atoms with Crippen LogP contribution in [0.3, 0.4) is 0 Å². The molecule has 0 aromatic heterocycles. The minimum Gasteiger partial charge on any atom is -0.352 e. The van der Waals surface area contributed by atoms with Crippen LogP contribution in [0, 0.1) is 11.8 Å². The summed E-state index contributed by atoms with van der Waals surface area (Å²) in [6.45, 7) is 6.02. The Morgan fingerprint density at radius 3 is 2.17 bits per heavy atom. The van der Waals surface area contributed by atoms with E-state index in [9.17, 15) is 9.59 Å². The van der Waals surface area contributed by atoms with Crippen LogP contribution in [-0.4, -0.2) is 24.0 Å². The molecule has 5 nitrogen and oxygen atoms in total. The molecule has 5 heteroatoms. The van der Waals surface area contributed by atoms with Crippen molar-refractivity contribution in [3.63, 3.8) is 0 Å². The second-order valence-electron chi connectivity index (χ2n) is 5.70. The van der Waals surface area contributed by atoms with Crippen molar-refractivity contribution in [3.05, 3.63) is 0 Å².